The molecule has 146 valence electrons. The van der Waals surface area contributed by atoms with Crippen molar-refractivity contribution in [2.75, 3.05) is 11.1 Å². The molecule has 0 aliphatic heterocycles. The van der Waals surface area contributed by atoms with Crippen LogP contribution in [0.3, 0.4) is 0 Å². The Hall–Kier alpha value is -3.12. The first-order valence-electron chi connectivity index (χ1n) is 9.41. The number of benzene rings is 2. The third-order valence-corrected chi connectivity index (χ3v) is 5.91. The van der Waals surface area contributed by atoms with Crippen molar-refractivity contribution >= 4 is 28.9 Å². The normalized spacial score (nSPS) is 11.0. The number of carbonyl (C=O) groups excluding carboxylic acids is 1. The molecule has 0 unspecified atom stereocenters. The number of anilines is 1. The maximum absolute atomic E-state index is 12.4. The second-order valence-corrected chi connectivity index (χ2v) is 8.01. The molecular formula is C23H22N4OS. The van der Waals surface area contributed by atoms with Gasteiger partial charge in [-0.3, -0.25) is 4.79 Å². The largest absolute Gasteiger partial charge is 0.325 e. The van der Waals surface area contributed by atoms with E-state index in [0.717, 1.165) is 33.1 Å². The monoisotopic (exact) mass is 402 g/mol. The molecule has 4 aromatic rings. The van der Waals surface area contributed by atoms with Gasteiger partial charge in [0.15, 0.2) is 0 Å². The van der Waals surface area contributed by atoms with E-state index >= 15 is 0 Å². The van der Waals surface area contributed by atoms with Gasteiger partial charge in [-0.15, -0.1) is 0 Å². The predicted molar refractivity (Wildman–Crippen MR) is 118 cm³/mol. The zero-order chi connectivity index (χ0) is 20.4. The summed E-state index contributed by atoms with van der Waals surface area (Å²) in [7, 11) is 0. The number of aryl methyl sites for hydroxylation is 3. The molecule has 2 aromatic carbocycles. The Balaban J connectivity index is 1.53. The molecule has 0 aliphatic rings. The number of rotatable bonds is 5. The Labute approximate surface area is 174 Å². The topological polar surface area (TPSA) is 59.3 Å². The van der Waals surface area contributed by atoms with Crippen LogP contribution in [-0.2, 0) is 4.79 Å². The first-order chi connectivity index (χ1) is 14.0. The zero-order valence-electron chi connectivity index (χ0n) is 16.6. The maximum Gasteiger partial charge on any atom is 0.234 e. The highest BCUT2D eigenvalue weighted by atomic mass is 32.2. The molecule has 0 spiro atoms. The Morgan fingerprint density at radius 3 is 2.66 bits per heavy atom. The number of nitrogens with zero attached hydrogens (tertiary/aromatic N) is 3. The Kier molecular flexibility index (Phi) is 5.36. The van der Waals surface area contributed by atoms with Crippen LogP contribution in [0, 0.1) is 20.8 Å². The Bertz CT molecular complexity index is 1200. The number of nitrogens with one attached hydrogen (secondary N) is 1. The molecule has 29 heavy (non-hydrogen) atoms. The summed E-state index contributed by atoms with van der Waals surface area (Å²) in [6.45, 7) is 6.18. The number of hydrogen-bond acceptors (Lipinski definition) is 4. The van der Waals surface area contributed by atoms with E-state index in [1.807, 2.05) is 48.0 Å². The standard InChI is InChI=1S/C23H22N4OS/c1-15-8-9-18(12-17(15)3)20-13-21-23(24-10-11-27(21)26-20)29-14-22(28)25-19-7-5-4-6-16(19)2/h4-13H,14H2,1-3H3,(H,25,28). The van der Waals surface area contributed by atoms with E-state index in [9.17, 15) is 4.79 Å². The minimum atomic E-state index is -0.0537. The van der Waals surface area contributed by atoms with Crippen molar-refractivity contribution < 1.29 is 4.79 Å². The Morgan fingerprint density at radius 1 is 1.03 bits per heavy atom. The molecule has 0 bridgehead atoms. The van der Waals surface area contributed by atoms with Crippen LogP contribution in [0.4, 0.5) is 5.69 Å². The molecule has 4 rings (SSSR count). The molecule has 0 radical (unpaired) electrons. The van der Waals surface area contributed by atoms with Crippen molar-refractivity contribution in [1.29, 1.82) is 0 Å². The van der Waals surface area contributed by atoms with Crippen molar-refractivity contribution in [3.05, 3.63) is 77.6 Å². The number of fused-ring (bicyclic) bond motifs is 1. The summed E-state index contributed by atoms with van der Waals surface area (Å²) in [5.41, 5.74) is 7.24. The van der Waals surface area contributed by atoms with Crippen LogP contribution in [0.25, 0.3) is 16.8 Å². The van der Waals surface area contributed by atoms with Crippen LogP contribution in [0.15, 0.2) is 66.0 Å². The van der Waals surface area contributed by atoms with Gasteiger partial charge < -0.3 is 5.32 Å². The second-order valence-electron chi connectivity index (χ2n) is 7.04. The van der Waals surface area contributed by atoms with E-state index in [-0.39, 0.29) is 11.7 Å². The first kappa shape index (κ1) is 19.2. The number of hydrogen-bond donors (Lipinski definition) is 1. The van der Waals surface area contributed by atoms with Gasteiger partial charge in [-0.2, -0.15) is 5.10 Å². The summed E-state index contributed by atoms with van der Waals surface area (Å²) in [5, 5.41) is 8.43. The second kappa shape index (κ2) is 8.09. The predicted octanol–water partition coefficient (Wildman–Crippen LogP) is 5.05. The molecule has 0 fully saturated rings. The average molecular weight is 403 g/mol. The van der Waals surface area contributed by atoms with Crippen molar-refractivity contribution in [1.82, 2.24) is 14.6 Å². The third-order valence-electron chi connectivity index (χ3n) is 4.92. The molecule has 1 amide bonds. The number of carbonyl (C=O) groups is 1. The van der Waals surface area contributed by atoms with Crippen molar-refractivity contribution in [2.24, 2.45) is 0 Å². The van der Waals surface area contributed by atoms with Gasteiger partial charge in [0.1, 0.15) is 5.03 Å². The third kappa shape index (κ3) is 4.17. The van der Waals surface area contributed by atoms with E-state index in [4.69, 9.17) is 0 Å². The van der Waals surface area contributed by atoms with Gasteiger partial charge in [0, 0.05) is 23.6 Å². The fraction of sp³-hybridized carbons (Fsp3) is 0.174. The molecular weight excluding hydrogens is 380 g/mol. The molecule has 2 aromatic heterocycles. The molecule has 1 N–H and O–H groups in total. The van der Waals surface area contributed by atoms with Crippen LogP contribution < -0.4 is 5.32 Å². The highest BCUT2D eigenvalue weighted by Gasteiger charge is 2.12. The summed E-state index contributed by atoms with van der Waals surface area (Å²) in [4.78, 5) is 16.9. The lowest BCUT2D eigenvalue weighted by Crippen LogP contribution is -2.14. The molecule has 0 saturated heterocycles. The van der Waals surface area contributed by atoms with E-state index in [2.05, 4.69) is 47.4 Å². The highest BCUT2D eigenvalue weighted by Crippen LogP contribution is 2.27. The lowest BCUT2D eigenvalue weighted by molar-refractivity contribution is -0.113. The van der Waals surface area contributed by atoms with Crippen molar-refractivity contribution in [3.8, 4) is 11.3 Å². The summed E-state index contributed by atoms with van der Waals surface area (Å²) in [6.07, 6.45) is 3.54. The Morgan fingerprint density at radius 2 is 1.86 bits per heavy atom. The first-order valence-corrected chi connectivity index (χ1v) is 10.4. The number of thioether (sulfide) groups is 1. The van der Waals surface area contributed by atoms with Crippen LogP contribution in [0.2, 0.25) is 0 Å². The van der Waals surface area contributed by atoms with Gasteiger partial charge in [0.05, 0.1) is 17.0 Å². The van der Waals surface area contributed by atoms with E-state index in [1.165, 1.54) is 22.9 Å². The fourth-order valence-electron chi connectivity index (χ4n) is 3.08. The maximum atomic E-state index is 12.4. The number of aromatic nitrogens is 3. The number of para-hydroxylation sites is 1. The van der Waals surface area contributed by atoms with Gasteiger partial charge in [0.2, 0.25) is 5.91 Å². The van der Waals surface area contributed by atoms with Gasteiger partial charge in [-0.05, 0) is 55.7 Å². The van der Waals surface area contributed by atoms with Crippen molar-refractivity contribution in [2.45, 2.75) is 25.8 Å². The summed E-state index contributed by atoms with van der Waals surface area (Å²) in [6, 6.07) is 16.1. The van der Waals surface area contributed by atoms with Crippen LogP contribution in [-0.4, -0.2) is 26.3 Å². The van der Waals surface area contributed by atoms with Gasteiger partial charge in [-0.1, -0.05) is 42.1 Å². The summed E-state index contributed by atoms with van der Waals surface area (Å²) < 4.78 is 1.82. The van der Waals surface area contributed by atoms with Crippen LogP contribution in [0.1, 0.15) is 16.7 Å². The fourth-order valence-corrected chi connectivity index (χ4v) is 3.86. The van der Waals surface area contributed by atoms with E-state index in [0.29, 0.717) is 0 Å². The molecule has 2 heterocycles. The molecule has 0 aliphatic carbocycles. The minimum absolute atomic E-state index is 0.0537. The number of amides is 1. The minimum Gasteiger partial charge on any atom is -0.325 e. The quantitative estimate of drug-likeness (QED) is 0.475. The smallest absolute Gasteiger partial charge is 0.234 e. The van der Waals surface area contributed by atoms with E-state index in [1.54, 1.807) is 6.20 Å². The molecule has 0 atom stereocenters. The highest BCUT2D eigenvalue weighted by molar-refractivity contribution is 8.00. The molecule has 5 nitrogen and oxygen atoms in total. The van der Waals surface area contributed by atoms with Gasteiger partial charge >= 0.3 is 0 Å². The lowest BCUT2D eigenvalue weighted by Gasteiger charge is -2.08. The van der Waals surface area contributed by atoms with Gasteiger partial charge in [0.25, 0.3) is 0 Å². The zero-order valence-corrected chi connectivity index (χ0v) is 17.5. The summed E-state index contributed by atoms with van der Waals surface area (Å²) in [5.74, 6) is 0.229. The lowest BCUT2D eigenvalue weighted by atomic mass is 10.0. The SMILES string of the molecule is Cc1ccc(-c2cc3c(SCC(=O)Nc4ccccc4C)nccn3n2)cc1C. The summed E-state index contributed by atoms with van der Waals surface area (Å²) >= 11 is 1.41. The van der Waals surface area contributed by atoms with Crippen LogP contribution >= 0.6 is 11.8 Å². The van der Waals surface area contributed by atoms with E-state index < -0.39 is 0 Å². The van der Waals surface area contributed by atoms with Crippen molar-refractivity contribution in [3.63, 3.8) is 0 Å². The average Bonchev–Trinajstić information content (AvgIpc) is 3.15. The van der Waals surface area contributed by atoms with Crippen LogP contribution in [0.5, 0.6) is 0 Å². The molecule has 0 saturated carbocycles. The van der Waals surface area contributed by atoms with Gasteiger partial charge in [-0.25, -0.2) is 9.50 Å². The molecule has 6 heteroatoms.